The van der Waals surface area contributed by atoms with Crippen LogP contribution in [-0.2, 0) is 11.3 Å². The lowest BCUT2D eigenvalue weighted by Gasteiger charge is -2.36. The Bertz CT molecular complexity index is 1300. The summed E-state index contributed by atoms with van der Waals surface area (Å²) in [6, 6.07) is 5.69. The third-order valence-corrected chi connectivity index (χ3v) is 6.01. The van der Waals surface area contributed by atoms with Gasteiger partial charge < -0.3 is 25.3 Å². The molecule has 4 heterocycles. The zero-order valence-electron chi connectivity index (χ0n) is 17.9. The minimum Gasteiger partial charge on any atom is -0.495 e. The van der Waals surface area contributed by atoms with E-state index >= 15 is 0 Å². The first-order valence-electron chi connectivity index (χ1n) is 10.4. The minimum absolute atomic E-state index is 0.0441. The highest BCUT2D eigenvalue weighted by atomic mass is 35.5. The summed E-state index contributed by atoms with van der Waals surface area (Å²) >= 11 is 6.14. The zero-order valence-corrected chi connectivity index (χ0v) is 18.7. The molecule has 1 aliphatic rings. The Morgan fingerprint density at radius 1 is 1.21 bits per heavy atom. The number of ether oxygens (including phenoxy) is 1. The fourth-order valence-electron chi connectivity index (χ4n) is 3.99. The molecular formula is C21H22ClN9O2. The van der Waals surface area contributed by atoms with Gasteiger partial charge in [0.1, 0.15) is 30.1 Å². The summed E-state index contributed by atoms with van der Waals surface area (Å²) in [5, 5.41) is 5.71. The number of nitrogens with zero attached hydrogens (tertiary/aromatic N) is 7. The van der Waals surface area contributed by atoms with Gasteiger partial charge in [0, 0.05) is 50.3 Å². The topological polar surface area (TPSA) is 131 Å². The van der Waals surface area contributed by atoms with Crippen molar-refractivity contribution in [3.05, 3.63) is 41.9 Å². The van der Waals surface area contributed by atoms with Gasteiger partial charge in [-0.2, -0.15) is 5.10 Å². The molecule has 1 amide bonds. The highest BCUT2D eigenvalue weighted by Gasteiger charge is 2.25. The van der Waals surface area contributed by atoms with E-state index in [1.165, 1.54) is 6.33 Å². The second-order valence-electron chi connectivity index (χ2n) is 7.59. The minimum atomic E-state index is -0.0454. The van der Waals surface area contributed by atoms with Crippen LogP contribution in [0.3, 0.4) is 0 Å². The number of imidazole rings is 1. The summed E-state index contributed by atoms with van der Waals surface area (Å²) in [6.07, 6.45) is 4.69. The molecule has 0 spiro atoms. The van der Waals surface area contributed by atoms with Crippen LogP contribution in [0.5, 0.6) is 5.75 Å². The number of amides is 1. The maximum Gasteiger partial charge on any atom is 0.244 e. The van der Waals surface area contributed by atoms with Gasteiger partial charge >= 0.3 is 0 Å². The first kappa shape index (κ1) is 21.0. The van der Waals surface area contributed by atoms with E-state index < -0.39 is 0 Å². The van der Waals surface area contributed by atoms with E-state index in [-0.39, 0.29) is 18.3 Å². The van der Waals surface area contributed by atoms with Gasteiger partial charge in [0.05, 0.1) is 17.5 Å². The average Bonchev–Trinajstić information content (AvgIpc) is 3.49. The molecule has 12 heteroatoms. The first-order valence-corrected chi connectivity index (χ1v) is 10.8. The molecular weight excluding hydrogens is 446 g/mol. The van der Waals surface area contributed by atoms with Crippen LogP contribution < -0.4 is 15.4 Å². The second kappa shape index (κ2) is 8.58. The van der Waals surface area contributed by atoms with E-state index in [2.05, 4.69) is 29.9 Å². The standard InChI is InChI=1S/C21H22ClN9O2/c1-33-15-10-13(2-3-14(15)22)29-6-8-30(9-7-29)16(32)11-31-21-17(19(23)26-12-27-21)18(28-31)20-24-4-5-25-20/h2-5,10,12H,6-9,11H2,1H3,(H,24,25)(H2,23,26,27). The van der Waals surface area contributed by atoms with Crippen molar-refractivity contribution in [3.8, 4) is 17.3 Å². The second-order valence-corrected chi connectivity index (χ2v) is 8.00. The Kier molecular flexibility index (Phi) is 5.47. The summed E-state index contributed by atoms with van der Waals surface area (Å²) in [4.78, 5) is 32.8. The summed E-state index contributed by atoms with van der Waals surface area (Å²) in [6.45, 7) is 2.62. The Labute approximate surface area is 194 Å². The van der Waals surface area contributed by atoms with Gasteiger partial charge in [-0.05, 0) is 12.1 Å². The van der Waals surface area contributed by atoms with Gasteiger partial charge in [-0.3, -0.25) is 4.79 Å². The number of fused-ring (bicyclic) bond motifs is 1. The lowest BCUT2D eigenvalue weighted by atomic mass is 10.2. The quantitative estimate of drug-likeness (QED) is 0.454. The van der Waals surface area contributed by atoms with E-state index in [1.807, 2.05) is 23.1 Å². The number of aromatic nitrogens is 6. The largest absolute Gasteiger partial charge is 0.495 e. The number of nitrogens with two attached hydrogens (primary N) is 1. The van der Waals surface area contributed by atoms with Crippen molar-refractivity contribution in [1.82, 2.24) is 34.6 Å². The monoisotopic (exact) mass is 467 g/mol. The van der Waals surface area contributed by atoms with Crippen LogP contribution in [0.2, 0.25) is 5.02 Å². The molecule has 0 unspecified atom stereocenters. The summed E-state index contributed by atoms with van der Waals surface area (Å²) in [5.74, 6) is 1.42. The molecule has 1 aromatic carbocycles. The number of nitrogens with one attached hydrogen (secondary N) is 1. The first-order chi connectivity index (χ1) is 16.0. The zero-order chi connectivity index (χ0) is 22.9. The normalized spacial score (nSPS) is 14.1. The van der Waals surface area contributed by atoms with E-state index in [0.717, 1.165) is 5.69 Å². The number of rotatable bonds is 5. The van der Waals surface area contributed by atoms with Crippen molar-refractivity contribution in [3.63, 3.8) is 0 Å². The molecule has 1 saturated heterocycles. The Morgan fingerprint density at radius 3 is 2.76 bits per heavy atom. The van der Waals surface area contributed by atoms with Crippen molar-refractivity contribution < 1.29 is 9.53 Å². The molecule has 3 aromatic heterocycles. The molecule has 0 aliphatic carbocycles. The maximum absolute atomic E-state index is 13.1. The molecule has 4 aromatic rings. The molecule has 33 heavy (non-hydrogen) atoms. The summed E-state index contributed by atoms with van der Waals surface area (Å²) < 4.78 is 6.88. The molecule has 11 nitrogen and oxygen atoms in total. The van der Waals surface area contributed by atoms with Crippen molar-refractivity contribution in [2.75, 3.05) is 43.9 Å². The fraction of sp³-hybridized carbons (Fsp3) is 0.286. The smallest absolute Gasteiger partial charge is 0.244 e. The molecule has 0 atom stereocenters. The summed E-state index contributed by atoms with van der Waals surface area (Å²) in [5.41, 5.74) is 8.11. The summed E-state index contributed by atoms with van der Waals surface area (Å²) in [7, 11) is 1.59. The fourth-order valence-corrected chi connectivity index (χ4v) is 4.18. The van der Waals surface area contributed by atoms with Gasteiger partial charge in [-0.1, -0.05) is 11.6 Å². The maximum atomic E-state index is 13.1. The number of nitrogen functional groups attached to an aromatic ring is 1. The number of hydrogen-bond donors (Lipinski definition) is 2. The number of benzene rings is 1. The lowest BCUT2D eigenvalue weighted by molar-refractivity contribution is -0.132. The van der Waals surface area contributed by atoms with Gasteiger partial charge in [0.25, 0.3) is 0 Å². The van der Waals surface area contributed by atoms with Gasteiger partial charge in [-0.15, -0.1) is 0 Å². The van der Waals surface area contributed by atoms with E-state index in [4.69, 9.17) is 22.1 Å². The molecule has 5 rings (SSSR count). The van der Waals surface area contributed by atoms with Gasteiger partial charge in [0.2, 0.25) is 5.91 Å². The number of H-pyrrole nitrogens is 1. The highest BCUT2D eigenvalue weighted by molar-refractivity contribution is 6.32. The van der Waals surface area contributed by atoms with Gasteiger partial charge in [0.15, 0.2) is 11.5 Å². The number of anilines is 2. The van der Waals surface area contributed by atoms with Crippen LogP contribution in [-0.4, -0.2) is 73.8 Å². The number of carbonyl (C=O) groups excluding carboxylic acids is 1. The third kappa shape index (κ3) is 3.91. The molecule has 170 valence electrons. The highest BCUT2D eigenvalue weighted by Crippen LogP contribution is 2.30. The van der Waals surface area contributed by atoms with Crippen molar-refractivity contribution in [2.24, 2.45) is 0 Å². The van der Waals surface area contributed by atoms with Crippen molar-refractivity contribution >= 4 is 40.0 Å². The van der Waals surface area contributed by atoms with E-state index in [9.17, 15) is 4.79 Å². The van der Waals surface area contributed by atoms with E-state index in [1.54, 1.807) is 24.2 Å². The van der Waals surface area contributed by atoms with Crippen molar-refractivity contribution in [1.29, 1.82) is 0 Å². The Balaban J connectivity index is 1.32. The number of aromatic amines is 1. The number of carbonyl (C=O) groups is 1. The predicted molar refractivity (Wildman–Crippen MR) is 124 cm³/mol. The Morgan fingerprint density at radius 2 is 2.03 bits per heavy atom. The van der Waals surface area contributed by atoms with Crippen LogP contribution in [0, 0.1) is 0 Å². The number of piperazine rings is 1. The number of halogens is 1. The number of methoxy groups -OCH3 is 1. The molecule has 0 radical (unpaired) electrons. The molecule has 0 bridgehead atoms. The predicted octanol–water partition coefficient (Wildman–Crippen LogP) is 1.81. The third-order valence-electron chi connectivity index (χ3n) is 5.70. The molecule has 1 aliphatic heterocycles. The van der Waals surface area contributed by atoms with E-state index in [0.29, 0.717) is 59.5 Å². The van der Waals surface area contributed by atoms with Crippen LogP contribution in [0.4, 0.5) is 11.5 Å². The van der Waals surface area contributed by atoms with Crippen LogP contribution in [0.15, 0.2) is 36.9 Å². The van der Waals surface area contributed by atoms with Crippen LogP contribution in [0.25, 0.3) is 22.6 Å². The molecule has 1 fully saturated rings. The number of hydrogen-bond acceptors (Lipinski definition) is 8. The SMILES string of the molecule is COc1cc(N2CCN(C(=O)Cn3nc(-c4ncc[nH]4)c4c(N)ncnc43)CC2)ccc1Cl. The van der Waals surface area contributed by atoms with Gasteiger partial charge in [-0.25, -0.2) is 19.6 Å². The molecule has 0 saturated carbocycles. The van der Waals surface area contributed by atoms with Crippen LogP contribution in [0.1, 0.15) is 0 Å². The average molecular weight is 468 g/mol. The Hall–Kier alpha value is -3.86. The van der Waals surface area contributed by atoms with Crippen LogP contribution >= 0.6 is 11.6 Å². The molecule has 3 N–H and O–H groups in total. The lowest BCUT2D eigenvalue weighted by Crippen LogP contribution is -2.49. The van der Waals surface area contributed by atoms with Crippen molar-refractivity contribution in [2.45, 2.75) is 6.54 Å².